The molecule has 0 bridgehead atoms. The number of rotatable bonds is 9. The average Bonchev–Trinajstić information content (AvgIpc) is 2.87. The van der Waals surface area contributed by atoms with Crippen molar-refractivity contribution in [3.05, 3.63) is 89.1 Å². The van der Waals surface area contributed by atoms with E-state index in [2.05, 4.69) is 20.9 Å². The van der Waals surface area contributed by atoms with Crippen LogP contribution in [0.1, 0.15) is 31.0 Å². The summed E-state index contributed by atoms with van der Waals surface area (Å²) >= 11 is 6.30. The van der Waals surface area contributed by atoms with Gasteiger partial charge in [0.1, 0.15) is 17.6 Å². The number of nitrogens with zero attached hydrogens (tertiary/aromatic N) is 1. The molecule has 0 aliphatic rings. The minimum absolute atomic E-state index is 0.161. The highest BCUT2D eigenvalue weighted by Gasteiger charge is 2.22. The van der Waals surface area contributed by atoms with Gasteiger partial charge in [0.15, 0.2) is 0 Å². The van der Waals surface area contributed by atoms with Gasteiger partial charge in [-0.25, -0.2) is 4.98 Å². The smallest absolute Gasteiger partial charge is 0.247 e. The molecule has 1 heterocycles. The molecular weight excluding hydrogens is 490 g/mol. The maximum atomic E-state index is 13.5. The monoisotopic (exact) mass is 517 g/mol. The molecule has 0 radical (unpaired) electrons. The van der Waals surface area contributed by atoms with E-state index in [1.54, 1.807) is 30.5 Å². The Balaban J connectivity index is 1.61. The Hall–Kier alpha value is -4.30. The molecule has 1 unspecified atom stereocenters. The van der Waals surface area contributed by atoms with E-state index in [9.17, 15) is 9.59 Å². The number of ether oxygens (including phenoxy) is 1. The summed E-state index contributed by atoms with van der Waals surface area (Å²) in [5, 5.41) is 11.3. The van der Waals surface area contributed by atoms with E-state index in [1.807, 2.05) is 49.4 Å². The van der Waals surface area contributed by atoms with Crippen molar-refractivity contribution in [2.75, 3.05) is 23.0 Å². The molecule has 0 fully saturated rings. The predicted octanol–water partition coefficient (Wildman–Crippen LogP) is 5.30. The van der Waals surface area contributed by atoms with Crippen LogP contribution in [0.3, 0.4) is 0 Å². The van der Waals surface area contributed by atoms with Gasteiger partial charge < -0.3 is 26.4 Å². The van der Waals surface area contributed by atoms with E-state index in [0.717, 1.165) is 22.0 Å². The van der Waals surface area contributed by atoms with Gasteiger partial charge in [0.25, 0.3) is 0 Å². The van der Waals surface area contributed by atoms with E-state index < -0.39 is 6.04 Å². The van der Waals surface area contributed by atoms with Crippen LogP contribution in [0.5, 0.6) is 5.75 Å². The molecule has 37 heavy (non-hydrogen) atoms. The molecule has 3 aromatic carbocycles. The van der Waals surface area contributed by atoms with Crippen LogP contribution in [0.15, 0.2) is 72.9 Å². The Bertz CT molecular complexity index is 1440. The number of amides is 2. The van der Waals surface area contributed by atoms with Crippen LogP contribution in [-0.4, -0.2) is 23.4 Å². The first-order chi connectivity index (χ1) is 17.8. The summed E-state index contributed by atoms with van der Waals surface area (Å²) in [5.41, 5.74) is 8.92. The Morgan fingerprint density at radius 2 is 1.89 bits per heavy atom. The summed E-state index contributed by atoms with van der Waals surface area (Å²) < 4.78 is 5.66. The first kappa shape index (κ1) is 25.8. The van der Waals surface area contributed by atoms with E-state index in [-0.39, 0.29) is 18.4 Å². The SMILES string of the molecule is CCOc1cc(C(Nc2ccc3c(N)nccc3c2)C(=O)NCc2cccc(NC(C)=O)c2)ccc1Cl. The molecule has 0 aliphatic heterocycles. The second-order valence-corrected chi connectivity index (χ2v) is 8.84. The first-order valence-electron chi connectivity index (χ1n) is 11.8. The zero-order chi connectivity index (χ0) is 26.4. The number of carbonyl (C=O) groups excluding carboxylic acids is 2. The third-order valence-corrected chi connectivity index (χ3v) is 5.98. The molecule has 2 amide bonds. The second kappa shape index (κ2) is 11.6. The number of benzene rings is 3. The summed E-state index contributed by atoms with van der Waals surface area (Å²) in [6.07, 6.45) is 1.65. The van der Waals surface area contributed by atoms with E-state index in [0.29, 0.717) is 34.4 Å². The van der Waals surface area contributed by atoms with Gasteiger partial charge in [0.05, 0.1) is 11.6 Å². The van der Waals surface area contributed by atoms with Crippen molar-refractivity contribution in [1.82, 2.24) is 10.3 Å². The summed E-state index contributed by atoms with van der Waals surface area (Å²) in [5.74, 6) is 0.538. The fraction of sp³-hybridized carbons (Fsp3) is 0.179. The van der Waals surface area contributed by atoms with Crippen LogP contribution >= 0.6 is 11.6 Å². The Morgan fingerprint density at radius 1 is 1.05 bits per heavy atom. The summed E-state index contributed by atoms with van der Waals surface area (Å²) in [4.78, 5) is 29.0. The summed E-state index contributed by atoms with van der Waals surface area (Å²) in [6, 6.07) is 19.4. The number of hydrogen-bond donors (Lipinski definition) is 4. The van der Waals surface area contributed by atoms with Gasteiger partial charge in [-0.1, -0.05) is 29.8 Å². The fourth-order valence-corrected chi connectivity index (χ4v) is 4.15. The number of aromatic nitrogens is 1. The predicted molar refractivity (Wildman–Crippen MR) is 148 cm³/mol. The summed E-state index contributed by atoms with van der Waals surface area (Å²) in [6.45, 7) is 4.04. The van der Waals surface area contributed by atoms with Crippen molar-refractivity contribution >= 4 is 51.4 Å². The normalized spacial score (nSPS) is 11.5. The number of nitrogens with one attached hydrogen (secondary N) is 3. The van der Waals surface area contributed by atoms with Crippen molar-refractivity contribution in [1.29, 1.82) is 0 Å². The molecule has 8 nitrogen and oxygen atoms in total. The van der Waals surface area contributed by atoms with Gasteiger partial charge in [-0.3, -0.25) is 9.59 Å². The van der Waals surface area contributed by atoms with E-state index in [4.69, 9.17) is 22.1 Å². The van der Waals surface area contributed by atoms with Gasteiger partial charge in [0.2, 0.25) is 11.8 Å². The van der Waals surface area contributed by atoms with E-state index >= 15 is 0 Å². The van der Waals surface area contributed by atoms with Crippen molar-refractivity contribution in [3.63, 3.8) is 0 Å². The Morgan fingerprint density at radius 3 is 2.68 bits per heavy atom. The third-order valence-electron chi connectivity index (χ3n) is 5.67. The number of fused-ring (bicyclic) bond motifs is 1. The van der Waals surface area contributed by atoms with Crippen molar-refractivity contribution in [2.24, 2.45) is 0 Å². The molecule has 0 spiro atoms. The Kier molecular flexibility index (Phi) is 8.10. The van der Waals surface area contributed by atoms with Gasteiger partial charge >= 0.3 is 0 Å². The molecule has 4 aromatic rings. The minimum atomic E-state index is -0.744. The molecule has 0 saturated carbocycles. The molecule has 9 heteroatoms. The van der Waals surface area contributed by atoms with Crippen LogP contribution in [-0.2, 0) is 16.1 Å². The van der Waals surface area contributed by atoms with Crippen molar-refractivity contribution in [2.45, 2.75) is 26.4 Å². The Labute approximate surface area is 220 Å². The van der Waals surface area contributed by atoms with Crippen LogP contribution < -0.4 is 26.4 Å². The maximum Gasteiger partial charge on any atom is 0.247 e. The number of nitrogen functional groups attached to an aromatic ring is 1. The number of halogens is 1. The average molecular weight is 518 g/mol. The van der Waals surface area contributed by atoms with Crippen LogP contribution in [0.2, 0.25) is 5.02 Å². The number of pyridine rings is 1. The van der Waals surface area contributed by atoms with Crippen molar-refractivity contribution < 1.29 is 14.3 Å². The molecular formula is C28H28ClN5O3. The number of carbonyl (C=O) groups is 2. The lowest BCUT2D eigenvalue weighted by Gasteiger charge is -2.21. The van der Waals surface area contributed by atoms with Gasteiger partial charge in [-0.15, -0.1) is 0 Å². The first-order valence-corrected chi connectivity index (χ1v) is 12.2. The standard InChI is InChI=1S/C28H28ClN5O3/c1-3-37-25-15-20(7-10-24(25)29)26(34-22-8-9-23-19(14-22)11-12-31-27(23)30)28(36)32-16-18-5-4-6-21(13-18)33-17(2)35/h4-15,26,34H,3,16H2,1-2H3,(H2,30,31)(H,32,36)(H,33,35). The largest absolute Gasteiger partial charge is 0.492 e. The molecule has 1 aromatic heterocycles. The maximum absolute atomic E-state index is 13.5. The zero-order valence-corrected chi connectivity index (χ0v) is 21.3. The molecule has 190 valence electrons. The minimum Gasteiger partial charge on any atom is -0.492 e. The molecule has 0 aliphatic carbocycles. The summed E-state index contributed by atoms with van der Waals surface area (Å²) in [7, 11) is 0. The topological polar surface area (TPSA) is 118 Å². The molecule has 5 N–H and O–H groups in total. The molecule has 4 rings (SSSR count). The number of nitrogens with two attached hydrogens (primary N) is 1. The second-order valence-electron chi connectivity index (χ2n) is 8.43. The van der Waals surface area contributed by atoms with Crippen molar-refractivity contribution in [3.8, 4) is 5.75 Å². The number of hydrogen-bond acceptors (Lipinski definition) is 6. The lowest BCUT2D eigenvalue weighted by molar-refractivity contribution is -0.122. The lowest BCUT2D eigenvalue weighted by Crippen LogP contribution is -2.33. The van der Waals surface area contributed by atoms with Gasteiger partial charge in [-0.05, 0) is 72.0 Å². The molecule has 1 atom stereocenters. The highest BCUT2D eigenvalue weighted by atomic mass is 35.5. The highest BCUT2D eigenvalue weighted by Crippen LogP contribution is 2.31. The van der Waals surface area contributed by atoms with Crippen LogP contribution in [0.4, 0.5) is 17.2 Å². The van der Waals surface area contributed by atoms with E-state index in [1.165, 1.54) is 6.92 Å². The quantitative estimate of drug-likeness (QED) is 0.239. The zero-order valence-electron chi connectivity index (χ0n) is 20.5. The highest BCUT2D eigenvalue weighted by molar-refractivity contribution is 6.32. The fourth-order valence-electron chi connectivity index (χ4n) is 3.98. The van der Waals surface area contributed by atoms with Crippen LogP contribution in [0.25, 0.3) is 10.8 Å². The van der Waals surface area contributed by atoms with Gasteiger partial charge in [0, 0.05) is 36.4 Å². The third kappa shape index (κ3) is 6.48. The molecule has 0 saturated heterocycles. The lowest BCUT2D eigenvalue weighted by atomic mass is 10.0. The van der Waals surface area contributed by atoms with Crippen LogP contribution in [0, 0.1) is 0 Å². The van der Waals surface area contributed by atoms with Gasteiger partial charge in [-0.2, -0.15) is 0 Å². The number of anilines is 3.